The lowest BCUT2D eigenvalue weighted by atomic mass is 9.75. The molecule has 0 N–H and O–H groups in total. The van der Waals surface area contributed by atoms with Gasteiger partial charge in [0.2, 0.25) is 0 Å². The molecule has 1 rings (SSSR count). The van der Waals surface area contributed by atoms with E-state index in [-0.39, 0.29) is 0 Å². The molecule has 0 aromatic rings. The van der Waals surface area contributed by atoms with Gasteiger partial charge < -0.3 is 4.90 Å². The minimum atomic E-state index is 0.615. The van der Waals surface area contributed by atoms with E-state index in [1.165, 1.54) is 38.8 Å². The van der Waals surface area contributed by atoms with Crippen molar-refractivity contribution in [3.8, 4) is 0 Å². The second-order valence-electron chi connectivity index (χ2n) is 5.12. The van der Waals surface area contributed by atoms with Crippen LogP contribution in [0.25, 0.3) is 0 Å². The van der Waals surface area contributed by atoms with Crippen LogP contribution >= 0.6 is 0 Å². The Balaban J connectivity index is 2.39. The van der Waals surface area contributed by atoms with Crippen molar-refractivity contribution >= 4 is 0 Å². The second kappa shape index (κ2) is 4.45. The van der Waals surface area contributed by atoms with Gasteiger partial charge in [-0.05, 0) is 44.2 Å². The zero-order valence-electron chi connectivity index (χ0n) is 9.77. The van der Waals surface area contributed by atoms with E-state index in [1.807, 2.05) is 0 Å². The molecule has 0 aliphatic heterocycles. The Morgan fingerprint density at radius 1 is 1.08 bits per heavy atom. The van der Waals surface area contributed by atoms with Crippen LogP contribution in [0.1, 0.15) is 53.4 Å². The lowest BCUT2D eigenvalue weighted by Crippen LogP contribution is -2.39. The molecule has 0 unspecified atom stereocenters. The molecule has 1 nitrogen and oxygen atoms in total. The van der Waals surface area contributed by atoms with Crippen LogP contribution in [-0.2, 0) is 0 Å². The highest BCUT2D eigenvalue weighted by Crippen LogP contribution is 2.36. The summed E-state index contributed by atoms with van der Waals surface area (Å²) in [6.45, 7) is 11.8. The maximum Gasteiger partial charge on any atom is 0.00954 e. The van der Waals surface area contributed by atoms with Crippen LogP contribution in [0.2, 0.25) is 0 Å². The Bertz CT molecular complexity index is 137. The highest BCUT2D eigenvalue weighted by atomic mass is 15.1. The zero-order chi connectivity index (χ0) is 9.90. The number of rotatable bonds is 3. The quantitative estimate of drug-likeness (QED) is 0.649. The zero-order valence-corrected chi connectivity index (χ0v) is 9.77. The van der Waals surface area contributed by atoms with E-state index in [0.717, 1.165) is 6.04 Å². The molecule has 1 aliphatic carbocycles. The summed E-state index contributed by atoms with van der Waals surface area (Å²) < 4.78 is 0. The molecule has 0 atom stereocenters. The molecule has 0 aromatic carbocycles. The summed E-state index contributed by atoms with van der Waals surface area (Å²) in [5, 5.41) is 0. The van der Waals surface area contributed by atoms with Gasteiger partial charge in [0, 0.05) is 6.04 Å². The van der Waals surface area contributed by atoms with Gasteiger partial charge in [0.15, 0.2) is 0 Å². The summed E-state index contributed by atoms with van der Waals surface area (Å²) in [6, 6.07) is 0.878. The van der Waals surface area contributed by atoms with Crippen LogP contribution in [0.5, 0.6) is 0 Å². The monoisotopic (exact) mass is 183 g/mol. The van der Waals surface area contributed by atoms with Gasteiger partial charge in [-0.15, -0.1) is 0 Å². The topological polar surface area (TPSA) is 3.24 Å². The molecule has 1 saturated carbocycles. The van der Waals surface area contributed by atoms with Crippen LogP contribution in [0.4, 0.5) is 0 Å². The van der Waals surface area contributed by atoms with Gasteiger partial charge >= 0.3 is 0 Å². The van der Waals surface area contributed by atoms with Gasteiger partial charge in [-0.25, -0.2) is 0 Å². The van der Waals surface area contributed by atoms with Crippen molar-refractivity contribution in [2.75, 3.05) is 13.1 Å². The first-order valence-corrected chi connectivity index (χ1v) is 5.83. The van der Waals surface area contributed by atoms with E-state index in [1.54, 1.807) is 0 Å². The van der Waals surface area contributed by atoms with E-state index >= 15 is 0 Å². The fourth-order valence-corrected chi connectivity index (χ4v) is 2.49. The van der Waals surface area contributed by atoms with E-state index in [4.69, 9.17) is 0 Å². The van der Waals surface area contributed by atoms with E-state index < -0.39 is 0 Å². The molecule has 1 heteroatoms. The first-order chi connectivity index (χ1) is 6.09. The normalized spacial score (nSPS) is 23.8. The van der Waals surface area contributed by atoms with Gasteiger partial charge in [-0.1, -0.05) is 27.7 Å². The maximum absolute atomic E-state index is 2.62. The molecule has 78 valence electrons. The molecule has 13 heavy (non-hydrogen) atoms. The summed E-state index contributed by atoms with van der Waals surface area (Å²) in [6.07, 6.45) is 5.64. The number of hydrogen-bond acceptors (Lipinski definition) is 1. The van der Waals surface area contributed by atoms with Crippen LogP contribution in [0, 0.1) is 5.41 Å². The summed E-state index contributed by atoms with van der Waals surface area (Å²) in [5.41, 5.74) is 0.615. The molecule has 0 spiro atoms. The van der Waals surface area contributed by atoms with Crippen molar-refractivity contribution < 1.29 is 0 Å². The second-order valence-corrected chi connectivity index (χ2v) is 5.12. The summed E-state index contributed by atoms with van der Waals surface area (Å²) in [7, 11) is 0. The molecular formula is C12H25N. The third kappa shape index (κ3) is 2.98. The lowest BCUT2D eigenvalue weighted by Gasteiger charge is -2.39. The van der Waals surface area contributed by atoms with E-state index in [2.05, 4.69) is 32.6 Å². The predicted octanol–water partition coefficient (Wildman–Crippen LogP) is 3.30. The molecule has 0 aromatic heterocycles. The molecule has 0 bridgehead atoms. The van der Waals surface area contributed by atoms with Gasteiger partial charge in [0.25, 0.3) is 0 Å². The standard InChI is InChI=1S/C12H25N/c1-5-13(6-2)11-7-9-12(3,4)10-8-11/h11H,5-10H2,1-4H3. The molecule has 1 fully saturated rings. The van der Waals surface area contributed by atoms with E-state index in [0.29, 0.717) is 5.41 Å². The Hall–Kier alpha value is -0.0400. The first kappa shape index (κ1) is 11.0. The van der Waals surface area contributed by atoms with Crippen molar-refractivity contribution in [3.63, 3.8) is 0 Å². The molecule has 0 radical (unpaired) electrons. The van der Waals surface area contributed by atoms with Crippen molar-refractivity contribution in [1.82, 2.24) is 4.90 Å². The Labute approximate surface area is 83.5 Å². The molecule has 0 saturated heterocycles. The largest absolute Gasteiger partial charge is 0.301 e. The predicted molar refractivity (Wildman–Crippen MR) is 59.0 cm³/mol. The average molecular weight is 183 g/mol. The van der Waals surface area contributed by atoms with E-state index in [9.17, 15) is 0 Å². The first-order valence-electron chi connectivity index (χ1n) is 5.83. The minimum absolute atomic E-state index is 0.615. The summed E-state index contributed by atoms with van der Waals surface area (Å²) in [4.78, 5) is 2.62. The van der Waals surface area contributed by atoms with Crippen LogP contribution < -0.4 is 0 Å². The number of nitrogens with zero attached hydrogens (tertiary/aromatic N) is 1. The molecule has 0 amide bonds. The highest BCUT2D eigenvalue weighted by molar-refractivity contribution is 4.83. The average Bonchev–Trinajstić information content (AvgIpc) is 2.09. The van der Waals surface area contributed by atoms with Gasteiger partial charge in [0.1, 0.15) is 0 Å². The van der Waals surface area contributed by atoms with Gasteiger partial charge in [0.05, 0.1) is 0 Å². The summed E-state index contributed by atoms with van der Waals surface area (Å²) in [5.74, 6) is 0. The SMILES string of the molecule is CCN(CC)C1CCC(C)(C)CC1. The fourth-order valence-electron chi connectivity index (χ4n) is 2.49. The highest BCUT2D eigenvalue weighted by Gasteiger charge is 2.28. The van der Waals surface area contributed by atoms with Crippen molar-refractivity contribution in [2.45, 2.75) is 59.4 Å². The lowest BCUT2D eigenvalue weighted by molar-refractivity contribution is 0.116. The molecular weight excluding hydrogens is 158 g/mol. The van der Waals surface area contributed by atoms with Crippen LogP contribution in [0.15, 0.2) is 0 Å². The smallest absolute Gasteiger partial charge is 0.00954 e. The minimum Gasteiger partial charge on any atom is -0.301 e. The Kier molecular flexibility index (Phi) is 3.78. The van der Waals surface area contributed by atoms with Crippen LogP contribution in [0.3, 0.4) is 0 Å². The Morgan fingerprint density at radius 2 is 1.54 bits per heavy atom. The van der Waals surface area contributed by atoms with Crippen molar-refractivity contribution in [2.24, 2.45) is 5.41 Å². The van der Waals surface area contributed by atoms with Gasteiger partial charge in [-0.2, -0.15) is 0 Å². The summed E-state index contributed by atoms with van der Waals surface area (Å²) >= 11 is 0. The molecule has 0 heterocycles. The van der Waals surface area contributed by atoms with Crippen molar-refractivity contribution in [1.29, 1.82) is 0 Å². The molecule has 1 aliphatic rings. The van der Waals surface area contributed by atoms with Gasteiger partial charge in [-0.3, -0.25) is 0 Å². The third-order valence-corrected chi connectivity index (χ3v) is 3.64. The van der Waals surface area contributed by atoms with Crippen molar-refractivity contribution in [3.05, 3.63) is 0 Å². The number of hydrogen-bond donors (Lipinski definition) is 0. The fraction of sp³-hybridized carbons (Fsp3) is 1.00. The van der Waals surface area contributed by atoms with Crippen LogP contribution in [-0.4, -0.2) is 24.0 Å². The third-order valence-electron chi connectivity index (χ3n) is 3.64. The maximum atomic E-state index is 2.62. The Morgan fingerprint density at radius 3 is 1.92 bits per heavy atom.